The van der Waals surface area contributed by atoms with Crippen LogP contribution in [0.3, 0.4) is 0 Å². The predicted octanol–water partition coefficient (Wildman–Crippen LogP) is 2.80. The molecular formula is C8H15ClO. The fourth-order valence-electron chi connectivity index (χ4n) is 0.507. The van der Waals surface area contributed by atoms with Crippen LogP contribution < -0.4 is 0 Å². The van der Waals surface area contributed by atoms with Gasteiger partial charge in [0, 0.05) is 12.1 Å². The minimum absolute atomic E-state index is 0.635. The Morgan fingerprint density at radius 3 is 2.70 bits per heavy atom. The van der Waals surface area contributed by atoms with Gasteiger partial charge in [-0.3, -0.25) is 0 Å². The molecule has 0 amide bonds. The van der Waals surface area contributed by atoms with Gasteiger partial charge in [-0.2, -0.15) is 0 Å². The summed E-state index contributed by atoms with van der Waals surface area (Å²) >= 11 is 5.28. The Morgan fingerprint density at radius 2 is 2.20 bits per heavy atom. The van der Waals surface area contributed by atoms with Crippen LogP contribution in [0.4, 0.5) is 0 Å². The van der Waals surface area contributed by atoms with Crippen molar-refractivity contribution < 1.29 is 4.74 Å². The van der Waals surface area contributed by atoms with Crippen molar-refractivity contribution in [2.75, 3.05) is 13.2 Å². The maximum atomic E-state index is 5.28. The van der Waals surface area contributed by atoms with Crippen LogP contribution in [0.25, 0.3) is 0 Å². The van der Waals surface area contributed by atoms with E-state index in [9.17, 15) is 0 Å². The molecule has 0 radical (unpaired) electrons. The highest BCUT2D eigenvalue weighted by Crippen LogP contribution is 1.98. The van der Waals surface area contributed by atoms with Crippen LogP contribution in [-0.4, -0.2) is 13.2 Å². The Morgan fingerprint density at radius 1 is 1.50 bits per heavy atom. The summed E-state index contributed by atoms with van der Waals surface area (Å²) < 4.78 is 5.21. The Hall–Kier alpha value is -0.0100. The Kier molecular flexibility index (Phi) is 7.09. The molecule has 0 N–H and O–H groups in total. The number of ether oxygens (including phenoxy) is 1. The van der Waals surface area contributed by atoms with Crippen molar-refractivity contribution in [3.8, 4) is 0 Å². The van der Waals surface area contributed by atoms with Crippen molar-refractivity contribution in [2.24, 2.45) is 5.92 Å². The predicted molar refractivity (Wildman–Crippen MR) is 45.3 cm³/mol. The van der Waals surface area contributed by atoms with Crippen molar-refractivity contribution in [1.82, 2.24) is 0 Å². The van der Waals surface area contributed by atoms with Crippen molar-refractivity contribution in [3.05, 3.63) is 11.6 Å². The van der Waals surface area contributed by atoms with Crippen molar-refractivity contribution in [3.63, 3.8) is 0 Å². The van der Waals surface area contributed by atoms with E-state index in [1.807, 2.05) is 0 Å². The molecule has 0 saturated carbocycles. The lowest BCUT2D eigenvalue weighted by molar-refractivity contribution is 0.150. The number of hydrogen-bond donors (Lipinski definition) is 0. The summed E-state index contributed by atoms with van der Waals surface area (Å²) in [5.41, 5.74) is 1.48. The molecule has 10 heavy (non-hydrogen) atoms. The van der Waals surface area contributed by atoms with Crippen molar-refractivity contribution in [2.45, 2.75) is 20.3 Å². The van der Waals surface area contributed by atoms with Gasteiger partial charge in [-0.05, 0) is 18.4 Å². The molecule has 0 aliphatic rings. The molecular weight excluding hydrogens is 148 g/mol. The molecule has 0 aromatic carbocycles. The minimum Gasteiger partial charge on any atom is -0.377 e. The summed E-state index contributed by atoms with van der Waals surface area (Å²) in [5.74, 6) is 0.722. The molecule has 0 heterocycles. The first-order valence-electron chi connectivity index (χ1n) is 3.60. The average molecular weight is 163 g/mol. The lowest BCUT2D eigenvalue weighted by Gasteiger charge is -2.02. The number of rotatable bonds is 5. The standard InChI is InChI=1S/C8H15ClO/c1-8(2)4-7-10-6-3-5-9/h3,5,8H,4,6-7H2,1-2H3/b5-3+. The van der Waals surface area contributed by atoms with Crippen molar-refractivity contribution in [1.29, 1.82) is 0 Å². The van der Waals surface area contributed by atoms with Crippen LogP contribution in [0.1, 0.15) is 20.3 Å². The van der Waals surface area contributed by atoms with Crippen LogP contribution in [-0.2, 0) is 4.74 Å². The molecule has 60 valence electrons. The molecule has 0 saturated heterocycles. The number of halogens is 1. The van der Waals surface area contributed by atoms with Crippen LogP contribution in [0.2, 0.25) is 0 Å². The third kappa shape index (κ3) is 7.99. The van der Waals surface area contributed by atoms with Crippen molar-refractivity contribution >= 4 is 11.6 Å². The second-order valence-corrected chi connectivity index (χ2v) is 2.87. The smallest absolute Gasteiger partial charge is 0.0658 e. The summed E-state index contributed by atoms with van der Waals surface area (Å²) in [6.45, 7) is 5.83. The van der Waals surface area contributed by atoms with Crippen LogP contribution in [0, 0.1) is 5.92 Å². The van der Waals surface area contributed by atoms with Gasteiger partial charge < -0.3 is 4.74 Å². The number of hydrogen-bond acceptors (Lipinski definition) is 1. The molecule has 0 aliphatic carbocycles. The first kappa shape index (κ1) is 9.99. The Labute approximate surface area is 68.0 Å². The van der Waals surface area contributed by atoms with Crippen LogP contribution in [0.5, 0.6) is 0 Å². The topological polar surface area (TPSA) is 9.23 Å². The lowest BCUT2D eigenvalue weighted by Crippen LogP contribution is -1.98. The first-order chi connectivity index (χ1) is 4.77. The van der Waals surface area contributed by atoms with E-state index in [0.717, 1.165) is 18.9 Å². The monoisotopic (exact) mass is 162 g/mol. The molecule has 0 aliphatic heterocycles. The SMILES string of the molecule is CC(C)CCOC/C=C/Cl. The fraction of sp³-hybridized carbons (Fsp3) is 0.750. The average Bonchev–Trinajstić information content (AvgIpc) is 1.87. The van der Waals surface area contributed by atoms with Crippen LogP contribution >= 0.6 is 11.6 Å². The van der Waals surface area contributed by atoms with E-state index in [4.69, 9.17) is 16.3 Å². The second-order valence-electron chi connectivity index (χ2n) is 2.62. The van der Waals surface area contributed by atoms with Gasteiger partial charge in [0.1, 0.15) is 0 Å². The highest BCUT2D eigenvalue weighted by Gasteiger charge is 1.91. The Bertz CT molecular complexity index is 89.3. The highest BCUT2D eigenvalue weighted by atomic mass is 35.5. The summed E-state index contributed by atoms with van der Waals surface area (Å²) in [4.78, 5) is 0. The molecule has 0 fully saturated rings. The van der Waals surface area contributed by atoms with E-state index >= 15 is 0 Å². The van der Waals surface area contributed by atoms with E-state index in [1.54, 1.807) is 6.08 Å². The van der Waals surface area contributed by atoms with E-state index in [2.05, 4.69) is 13.8 Å². The van der Waals surface area contributed by atoms with Gasteiger partial charge in [0.05, 0.1) is 6.61 Å². The molecule has 0 aromatic rings. The van der Waals surface area contributed by atoms with E-state index < -0.39 is 0 Å². The molecule has 1 nitrogen and oxygen atoms in total. The first-order valence-corrected chi connectivity index (χ1v) is 4.04. The van der Waals surface area contributed by atoms with Crippen LogP contribution in [0.15, 0.2) is 11.6 Å². The van der Waals surface area contributed by atoms with E-state index in [-0.39, 0.29) is 0 Å². The zero-order valence-corrected chi connectivity index (χ0v) is 7.40. The molecule has 0 spiro atoms. The minimum atomic E-state index is 0.635. The molecule has 2 heteroatoms. The molecule has 0 rings (SSSR count). The summed E-state index contributed by atoms with van der Waals surface area (Å²) in [6, 6.07) is 0. The largest absolute Gasteiger partial charge is 0.377 e. The van der Waals surface area contributed by atoms with Gasteiger partial charge in [0.15, 0.2) is 0 Å². The molecule has 0 aromatic heterocycles. The van der Waals surface area contributed by atoms with E-state index in [1.165, 1.54) is 5.54 Å². The van der Waals surface area contributed by atoms with Gasteiger partial charge in [0.2, 0.25) is 0 Å². The summed E-state index contributed by atoms with van der Waals surface area (Å²) in [7, 11) is 0. The fourth-order valence-corrected chi connectivity index (χ4v) is 0.580. The zero-order valence-electron chi connectivity index (χ0n) is 6.64. The molecule has 0 bridgehead atoms. The van der Waals surface area contributed by atoms with E-state index in [0.29, 0.717) is 6.61 Å². The lowest BCUT2D eigenvalue weighted by atomic mass is 10.1. The highest BCUT2D eigenvalue weighted by molar-refractivity contribution is 6.25. The summed E-state index contributed by atoms with van der Waals surface area (Å²) in [5, 5.41) is 0. The van der Waals surface area contributed by atoms with Gasteiger partial charge in [-0.15, -0.1) is 0 Å². The van der Waals surface area contributed by atoms with Gasteiger partial charge in [-0.25, -0.2) is 0 Å². The zero-order chi connectivity index (χ0) is 7.82. The third-order valence-corrected chi connectivity index (χ3v) is 1.32. The summed E-state index contributed by atoms with van der Waals surface area (Å²) in [6.07, 6.45) is 2.91. The maximum Gasteiger partial charge on any atom is 0.0658 e. The molecule has 0 unspecified atom stereocenters. The quantitative estimate of drug-likeness (QED) is 0.565. The van der Waals surface area contributed by atoms with Gasteiger partial charge in [0.25, 0.3) is 0 Å². The van der Waals surface area contributed by atoms with Gasteiger partial charge >= 0.3 is 0 Å². The normalized spacial score (nSPS) is 11.6. The van der Waals surface area contributed by atoms with Gasteiger partial charge in [-0.1, -0.05) is 25.4 Å². The maximum absolute atomic E-state index is 5.28. The Balaban J connectivity index is 2.91. The second kappa shape index (κ2) is 7.10. The third-order valence-electron chi connectivity index (χ3n) is 1.14. The molecule has 0 atom stereocenters.